The lowest BCUT2D eigenvalue weighted by Crippen LogP contribution is -2.20. The quantitative estimate of drug-likeness (QED) is 0.628. The summed E-state index contributed by atoms with van der Waals surface area (Å²) in [6.07, 6.45) is 5.97. The smallest absolute Gasteiger partial charge is 0.224 e. The molecule has 0 aliphatic carbocycles. The van der Waals surface area contributed by atoms with Crippen LogP contribution in [-0.2, 0) is 6.42 Å². The maximum atomic E-state index is 6.28. The molecule has 0 spiro atoms. The first-order valence-corrected chi connectivity index (χ1v) is 8.27. The first-order valence-electron chi connectivity index (χ1n) is 8.27. The van der Waals surface area contributed by atoms with Gasteiger partial charge in [0.15, 0.2) is 0 Å². The Morgan fingerprint density at radius 3 is 2.57 bits per heavy atom. The van der Waals surface area contributed by atoms with Crippen LogP contribution >= 0.6 is 0 Å². The summed E-state index contributed by atoms with van der Waals surface area (Å²) in [5, 5.41) is 0.976. The minimum Gasteiger partial charge on any atom is -0.473 e. The van der Waals surface area contributed by atoms with E-state index in [1.807, 2.05) is 30.3 Å². The van der Waals surface area contributed by atoms with Gasteiger partial charge < -0.3 is 4.74 Å². The Morgan fingerprint density at radius 2 is 1.74 bits per heavy atom. The van der Waals surface area contributed by atoms with Crippen molar-refractivity contribution in [3.05, 3.63) is 66.5 Å². The van der Waals surface area contributed by atoms with E-state index in [4.69, 9.17) is 4.74 Å². The molecular formula is C20H22N2O. The fourth-order valence-corrected chi connectivity index (χ4v) is 2.74. The Morgan fingerprint density at radius 1 is 0.957 bits per heavy atom. The summed E-state index contributed by atoms with van der Waals surface area (Å²) in [6.45, 7) is 2.21. The summed E-state index contributed by atoms with van der Waals surface area (Å²) in [6, 6.07) is 18.5. The summed E-state index contributed by atoms with van der Waals surface area (Å²) in [7, 11) is 0. The minimum atomic E-state index is 0.135. The van der Waals surface area contributed by atoms with E-state index < -0.39 is 0 Å². The number of unbranched alkanes of at least 4 members (excludes halogenated alkanes) is 1. The number of aromatic nitrogens is 2. The molecule has 0 saturated heterocycles. The lowest BCUT2D eigenvalue weighted by Gasteiger charge is -2.19. The second-order valence-electron chi connectivity index (χ2n) is 5.77. The van der Waals surface area contributed by atoms with E-state index in [0.29, 0.717) is 5.88 Å². The van der Waals surface area contributed by atoms with Crippen molar-refractivity contribution in [2.45, 2.75) is 38.7 Å². The molecule has 1 unspecified atom stereocenters. The van der Waals surface area contributed by atoms with Crippen LogP contribution in [0, 0.1) is 0 Å². The van der Waals surface area contributed by atoms with Crippen molar-refractivity contribution in [2.75, 3.05) is 0 Å². The van der Waals surface area contributed by atoms with Crippen LogP contribution in [0.25, 0.3) is 10.9 Å². The maximum absolute atomic E-state index is 6.28. The Bertz CT molecular complexity index is 737. The third-order valence-electron chi connectivity index (χ3n) is 3.97. The van der Waals surface area contributed by atoms with Crippen LogP contribution in [0.2, 0.25) is 0 Å². The van der Waals surface area contributed by atoms with E-state index in [-0.39, 0.29) is 6.10 Å². The van der Waals surface area contributed by atoms with E-state index >= 15 is 0 Å². The molecule has 3 heteroatoms. The molecule has 118 valence electrons. The molecule has 0 aliphatic rings. The van der Waals surface area contributed by atoms with Crippen molar-refractivity contribution in [3.63, 3.8) is 0 Å². The van der Waals surface area contributed by atoms with Gasteiger partial charge in [0.05, 0.1) is 10.9 Å². The highest BCUT2D eigenvalue weighted by molar-refractivity contribution is 5.82. The molecule has 2 aromatic carbocycles. The van der Waals surface area contributed by atoms with Crippen LogP contribution in [0.5, 0.6) is 5.88 Å². The van der Waals surface area contributed by atoms with Gasteiger partial charge in [0.1, 0.15) is 12.4 Å². The van der Waals surface area contributed by atoms with Crippen LogP contribution in [0.3, 0.4) is 0 Å². The van der Waals surface area contributed by atoms with Crippen molar-refractivity contribution in [1.29, 1.82) is 0 Å². The summed E-state index contributed by atoms with van der Waals surface area (Å²) in [5.41, 5.74) is 2.22. The summed E-state index contributed by atoms with van der Waals surface area (Å²) >= 11 is 0. The molecule has 1 heterocycles. The molecule has 3 aromatic rings. The highest BCUT2D eigenvalue weighted by atomic mass is 16.5. The van der Waals surface area contributed by atoms with E-state index in [2.05, 4.69) is 41.2 Å². The number of para-hydroxylation sites is 1. The summed E-state index contributed by atoms with van der Waals surface area (Å²) in [5.74, 6) is 0.688. The second-order valence-corrected chi connectivity index (χ2v) is 5.77. The highest BCUT2D eigenvalue weighted by Gasteiger charge is 2.14. The average Bonchev–Trinajstić information content (AvgIpc) is 2.61. The maximum Gasteiger partial charge on any atom is 0.224 e. The molecule has 0 saturated carbocycles. The highest BCUT2D eigenvalue weighted by Crippen LogP contribution is 2.23. The monoisotopic (exact) mass is 306 g/mol. The summed E-state index contributed by atoms with van der Waals surface area (Å²) in [4.78, 5) is 8.67. The Labute approximate surface area is 137 Å². The zero-order valence-electron chi connectivity index (χ0n) is 13.5. The topological polar surface area (TPSA) is 35.0 Å². The molecule has 1 aromatic heterocycles. The molecule has 0 amide bonds. The SMILES string of the molecule is CCCCC(Cc1ccccc1)Oc1ncnc2ccccc12. The predicted octanol–water partition coefficient (Wildman–Crippen LogP) is 4.81. The zero-order valence-corrected chi connectivity index (χ0v) is 13.5. The van der Waals surface area contributed by atoms with Gasteiger partial charge in [0.2, 0.25) is 5.88 Å². The molecular weight excluding hydrogens is 284 g/mol. The zero-order chi connectivity index (χ0) is 15.9. The van der Waals surface area contributed by atoms with Crippen molar-refractivity contribution >= 4 is 10.9 Å². The Hall–Kier alpha value is -2.42. The number of ether oxygens (including phenoxy) is 1. The Balaban J connectivity index is 1.82. The third-order valence-corrected chi connectivity index (χ3v) is 3.97. The van der Waals surface area contributed by atoms with Crippen LogP contribution in [-0.4, -0.2) is 16.1 Å². The first kappa shape index (κ1) is 15.5. The molecule has 23 heavy (non-hydrogen) atoms. The molecule has 3 nitrogen and oxygen atoms in total. The van der Waals surface area contributed by atoms with Crippen LogP contribution in [0.15, 0.2) is 60.9 Å². The first-order chi connectivity index (χ1) is 11.4. The van der Waals surface area contributed by atoms with Gasteiger partial charge in [-0.2, -0.15) is 0 Å². The van der Waals surface area contributed by atoms with Crippen molar-refractivity contribution in [3.8, 4) is 5.88 Å². The standard InChI is InChI=1S/C20H22N2O/c1-2-3-11-17(14-16-9-5-4-6-10-16)23-20-18-12-7-8-13-19(18)21-15-22-20/h4-10,12-13,15,17H,2-3,11,14H2,1H3. The van der Waals surface area contributed by atoms with Crippen molar-refractivity contribution < 1.29 is 4.74 Å². The number of hydrogen-bond donors (Lipinski definition) is 0. The molecule has 0 N–H and O–H groups in total. The average molecular weight is 306 g/mol. The predicted molar refractivity (Wildman–Crippen MR) is 93.6 cm³/mol. The normalized spacial score (nSPS) is 12.2. The van der Waals surface area contributed by atoms with Gasteiger partial charge in [-0.05, 0) is 24.1 Å². The fraction of sp³-hybridized carbons (Fsp3) is 0.300. The van der Waals surface area contributed by atoms with E-state index in [1.54, 1.807) is 6.33 Å². The van der Waals surface area contributed by atoms with E-state index in [9.17, 15) is 0 Å². The summed E-state index contributed by atoms with van der Waals surface area (Å²) < 4.78 is 6.28. The number of fused-ring (bicyclic) bond motifs is 1. The van der Waals surface area contributed by atoms with Crippen LogP contribution in [0.4, 0.5) is 0 Å². The molecule has 0 bridgehead atoms. The number of hydrogen-bond acceptors (Lipinski definition) is 3. The van der Waals surface area contributed by atoms with Gasteiger partial charge in [-0.3, -0.25) is 0 Å². The van der Waals surface area contributed by atoms with Gasteiger partial charge in [-0.1, -0.05) is 62.2 Å². The molecule has 0 aliphatic heterocycles. The molecule has 0 radical (unpaired) electrons. The molecule has 0 fully saturated rings. The van der Waals surface area contributed by atoms with Gasteiger partial charge in [-0.15, -0.1) is 0 Å². The lowest BCUT2D eigenvalue weighted by atomic mass is 10.0. The number of rotatable bonds is 7. The van der Waals surface area contributed by atoms with Gasteiger partial charge in [0.25, 0.3) is 0 Å². The van der Waals surface area contributed by atoms with E-state index in [1.165, 1.54) is 12.0 Å². The minimum absolute atomic E-state index is 0.135. The van der Waals surface area contributed by atoms with Gasteiger partial charge >= 0.3 is 0 Å². The second kappa shape index (κ2) is 7.73. The van der Waals surface area contributed by atoms with Gasteiger partial charge in [-0.25, -0.2) is 9.97 Å². The Kier molecular flexibility index (Phi) is 5.20. The van der Waals surface area contributed by atoms with Crippen molar-refractivity contribution in [2.24, 2.45) is 0 Å². The molecule has 3 rings (SSSR count). The lowest BCUT2D eigenvalue weighted by molar-refractivity contribution is 0.183. The third kappa shape index (κ3) is 4.07. The largest absolute Gasteiger partial charge is 0.473 e. The van der Waals surface area contributed by atoms with Crippen LogP contribution in [0.1, 0.15) is 31.7 Å². The number of nitrogens with zero attached hydrogens (tertiary/aromatic N) is 2. The molecule has 1 atom stereocenters. The fourth-order valence-electron chi connectivity index (χ4n) is 2.74. The van der Waals surface area contributed by atoms with Crippen LogP contribution < -0.4 is 4.74 Å². The van der Waals surface area contributed by atoms with Crippen molar-refractivity contribution in [1.82, 2.24) is 9.97 Å². The number of benzene rings is 2. The van der Waals surface area contributed by atoms with E-state index in [0.717, 1.165) is 30.2 Å². The van der Waals surface area contributed by atoms with Gasteiger partial charge in [0, 0.05) is 6.42 Å².